The van der Waals surface area contributed by atoms with E-state index in [1.165, 1.54) is 4.31 Å². The molecule has 7 nitrogen and oxygen atoms in total. The average molecular weight is 584 g/mol. The molecule has 0 bridgehead atoms. The molecule has 9 heteroatoms. The van der Waals surface area contributed by atoms with Crippen molar-refractivity contribution >= 4 is 39.1 Å². The van der Waals surface area contributed by atoms with Gasteiger partial charge in [-0.25, -0.2) is 8.42 Å². The van der Waals surface area contributed by atoms with Gasteiger partial charge in [0, 0.05) is 37.0 Å². The summed E-state index contributed by atoms with van der Waals surface area (Å²) in [4.78, 5) is 29.0. The highest BCUT2D eigenvalue weighted by Gasteiger charge is 2.31. The van der Waals surface area contributed by atoms with Gasteiger partial charge in [-0.05, 0) is 55.2 Å². The van der Waals surface area contributed by atoms with E-state index < -0.39 is 16.1 Å². The monoisotopic (exact) mass is 583 g/mol. The lowest BCUT2D eigenvalue weighted by Crippen LogP contribution is -2.52. The molecular weight excluding hydrogens is 546 g/mol. The molecule has 0 heterocycles. The summed E-state index contributed by atoms with van der Waals surface area (Å²) in [5.41, 5.74) is 2.34. The third kappa shape index (κ3) is 9.38. The van der Waals surface area contributed by atoms with Crippen LogP contribution in [0.1, 0.15) is 44.2 Å². The number of carbonyl (C=O) groups is 2. The van der Waals surface area contributed by atoms with Gasteiger partial charge in [-0.2, -0.15) is 0 Å². The zero-order valence-electron chi connectivity index (χ0n) is 23.3. The quantitative estimate of drug-likeness (QED) is 0.274. The van der Waals surface area contributed by atoms with Gasteiger partial charge in [0.25, 0.3) is 0 Å². The van der Waals surface area contributed by atoms with Gasteiger partial charge in [-0.1, -0.05) is 79.2 Å². The minimum Gasteiger partial charge on any atom is -0.352 e. The molecule has 3 aromatic carbocycles. The van der Waals surface area contributed by atoms with E-state index in [1.807, 2.05) is 74.5 Å². The Labute approximate surface area is 243 Å². The Bertz CT molecular complexity index is 1340. The fraction of sp³-hybridized carbons (Fsp3) is 0.355. The molecule has 2 atom stereocenters. The van der Waals surface area contributed by atoms with Crippen molar-refractivity contribution in [2.24, 2.45) is 0 Å². The highest BCUT2D eigenvalue weighted by molar-refractivity contribution is 7.92. The zero-order valence-corrected chi connectivity index (χ0v) is 24.9. The zero-order chi connectivity index (χ0) is 29.1. The van der Waals surface area contributed by atoms with Crippen molar-refractivity contribution in [1.29, 1.82) is 0 Å². The molecular formula is C31H38ClN3O4S. The van der Waals surface area contributed by atoms with E-state index in [1.54, 1.807) is 29.2 Å². The van der Waals surface area contributed by atoms with E-state index in [0.29, 0.717) is 17.1 Å². The lowest BCUT2D eigenvalue weighted by Gasteiger charge is -2.32. The summed E-state index contributed by atoms with van der Waals surface area (Å²) in [5, 5.41) is 3.56. The molecule has 0 aliphatic heterocycles. The van der Waals surface area contributed by atoms with Gasteiger partial charge >= 0.3 is 0 Å². The van der Waals surface area contributed by atoms with Crippen molar-refractivity contribution in [3.63, 3.8) is 0 Å². The first-order valence-corrected chi connectivity index (χ1v) is 15.7. The summed E-state index contributed by atoms with van der Waals surface area (Å²) >= 11 is 5.98. The maximum Gasteiger partial charge on any atom is 0.243 e. The summed E-state index contributed by atoms with van der Waals surface area (Å²) in [6, 6.07) is 25.0. The molecule has 3 aromatic rings. The van der Waals surface area contributed by atoms with Gasteiger partial charge in [-0.15, -0.1) is 0 Å². The maximum atomic E-state index is 13.8. The van der Waals surface area contributed by atoms with E-state index >= 15 is 0 Å². The number of hydrogen-bond acceptors (Lipinski definition) is 4. The largest absolute Gasteiger partial charge is 0.352 e. The topological polar surface area (TPSA) is 86.8 Å². The summed E-state index contributed by atoms with van der Waals surface area (Å²) in [6.07, 6.45) is 2.63. The minimum absolute atomic E-state index is 0.0397. The molecule has 3 rings (SSSR count). The number of benzene rings is 3. The maximum absolute atomic E-state index is 13.8. The van der Waals surface area contributed by atoms with E-state index in [4.69, 9.17) is 11.6 Å². The predicted octanol–water partition coefficient (Wildman–Crippen LogP) is 5.44. The van der Waals surface area contributed by atoms with Crippen LogP contribution in [0.4, 0.5) is 5.69 Å². The van der Waals surface area contributed by atoms with Crippen molar-refractivity contribution in [2.45, 2.75) is 58.2 Å². The molecule has 1 N–H and O–H groups in total. The van der Waals surface area contributed by atoms with Crippen molar-refractivity contribution in [3.05, 3.63) is 101 Å². The summed E-state index contributed by atoms with van der Waals surface area (Å²) in [5.74, 6) is -0.421. The molecule has 40 heavy (non-hydrogen) atoms. The third-order valence-corrected chi connectivity index (χ3v) is 8.18. The van der Waals surface area contributed by atoms with Gasteiger partial charge in [0.05, 0.1) is 11.9 Å². The van der Waals surface area contributed by atoms with Crippen molar-refractivity contribution < 1.29 is 18.0 Å². The Morgan fingerprint density at radius 3 is 2.02 bits per heavy atom. The van der Waals surface area contributed by atoms with Crippen LogP contribution >= 0.6 is 11.6 Å². The van der Waals surface area contributed by atoms with Crippen LogP contribution in [0.3, 0.4) is 0 Å². The molecule has 0 aliphatic rings. The second kappa shape index (κ2) is 14.9. The Balaban J connectivity index is 1.86. The van der Waals surface area contributed by atoms with Crippen LogP contribution in [-0.4, -0.2) is 50.0 Å². The average Bonchev–Trinajstić information content (AvgIpc) is 2.94. The smallest absolute Gasteiger partial charge is 0.243 e. The lowest BCUT2D eigenvalue weighted by atomic mass is 10.0. The molecule has 214 valence electrons. The fourth-order valence-electron chi connectivity index (χ4n) is 4.39. The SMILES string of the molecule is CC[C@H](C)NC(=O)[C@@H](Cc1ccccc1)N(Cc1ccccc1)C(=O)CCCN(c1ccc(Cl)cc1)S(C)(=O)=O. The molecule has 0 fully saturated rings. The first kappa shape index (κ1) is 31.2. The fourth-order valence-corrected chi connectivity index (χ4v) is 5.48. The van der Waals surface area contributed by atoms with Crippen LogP contribution < -0.4 is 9.62 Å². The van der Waals surface area contributed by atoms with Crippen LogP contribution in [0, 0.1) is 0 Å². The number of rotatable bonds is 14. The van der Waals surface area contributed by atoms with Crippen LogP contribution in [0.15, 0.2) is 84.9 Å². The van der Waals surface area contributed by atoms with Gasteiger partial charge in [0.15, 0.2) is 0 Å². The van der Waals surface area contributed by atoms with Crippen molar-refractivity contribution in [2.75, 3.05) is 17.1 Å². The lowest BCUT2D eigenvalue weighted by molar-refractivity contribution is -0.141. The molecule has 0 aromatic heterocycles. The number of nitrogens with one attached hydrogen (secondary N) is 1. The van der Waals surface area contributed by atoms with E-state index in [2.05, 4.69) is 5.32 Å². The molecule has 0 unspecified atom stereocenters. The third-order valence-electron chi connectivity index (χ3n) is 6.73. The first-order chi connectivity index (χ1) is 19.1. The first-order valence-electron chi connectivity index (χ1n) is 13.5. The molecule has 2 amide bonds. The Hall–Kier alpha value is -3.36. The van der Waals surface area contributed by atoms with Gasteiger partial charge in [-0.3, -0.25) is 13.9 Å². The van der Waals surface area contributed by atoms with Crippen LogP contribution in [0.25, 0.3) is 0 Å². The van der Waals surface area contributed by atoms with Crippen molar-refractivity contribution in [1.82, 2.24) is 10.2 Å². The van der Waals surface area contributed by atoms with E-state index in [-0.39, 0.29) is 43.8 Å². The molecule has 0 spiro atoms. The van der Waals surface area contributed by atoms with E-state index in [0.717, 1.165) is 23.8 Å². The van der Waals surface area contributed by atoms with Gasteiger partial charge in [0.2, 0.25) is 21.8 Å². The predicted molar refractivity (Wildman–Crippen MR) is 162 cm³/mol. The molecule has 0 radical (unpaired) electrons. The minimum atomic E-state index is -3.58. The Morgan fingerprint density at radius 2 is 1.48 bits per heavy atom. The standard InChI is InChI=1S/C31H38ClN3O4S/c1-4-24(2)33-31(37)29(22-25-12-7-5-8-13-25)34(23-26-14-9-6-10-15-26)30(36)16-11-21-35(40(3,38)39)28-19-17-27(32)18-20-28/h5-10,12-15,17-20,24,29H,4,11,16,21-23H2,1-3H3,(H,33,37)/t24-,29+/m0/s1. The van der Waals surface area contributed by atoms with Crippen LogP contribution in [0.2, 0.25) is 5.02 Å². The summed E-state index contributed by atoms with van der Waals surface area (Å²) in [6.45, 7) is 4.32. The summed E-state index contributed by atoms with van der Waals surface area (Å²) < 4.78 is 26.4. The normalized spacial score (nSPS) is 12.8. The Kier molecular flexibility index (Phi) is 11.6. The highest BCUT2D eigenvalue weighted by atomic mass is 35.5. The molecule has 0 saturated heterocycles. The number of halogens is 1. The van der Waals surface area contributed by atoms with Crippen molar-refractivity contribution in [3.8, 4) is 0 Å². The van der Waals surface area contributed by atoms with Crippen LogP contribution in [-0.2, 0) is 32.6 Å². The Morgan fingerprint density at radius 1 is 0.900 bits per heavy atom. The van der Waals surface area contributed by atoms with Gasteiger partial charge < -0.3 is 10.2 Å². The van der Waals surface area contributed by atoms with Crippen LogP contribution in [0.5, 0.6) is 0 Å². The second-order valence-electron chi connectivity index (χ2n) is 9.95. The number of anilines is 1. The number of carbonyl (C=O) groups excluding carboxylic acids is 2. The second-order valence-corrected chi connectivity index (χ2v) is 12.3. The highest BCUT2D eigenvalue weighted by Crippen LogP contribution is 2.22. The number of hydrogen-bond donors (Lipinski definition) is 1. The number of amides is 2. The summed E-state index contributed by atoms with van der Waals surface area (Å²) in [7, 11) is -3.58. The van der Waals surface area contributed by atoms with Gasteiger partial charge in [0.1, 0.15) is 6.04 Å². The van der Waals surface area contributed by atoms with E-state index in [9.17, 15) is 18.0 Å². The number of sulfonamides is 1. The molecule has 0 aliphatic carbocycles. The molecule has 0 saturated carbocycles. The number of nitrogens with zero attached hydrogens (tertiary/aromatic N) is 2.